The lowest BCUT2D eigenvalue weighted by molar-refractivity contribution is -0.147. The van der Waals surface area contributed by atoms with Gasteiger partial charge in [-0.3, -0.25) is 14.5 Å². The van der Waals surface area contributed by atoms with Gasteiger partial charge in [-0.1, -0.05) is 74.0 Å². The number of aryl methyl sites for hydroxylation is 2. The van der Waals surface area contributed by atoms with Gasteiger partial charge in [0.2, 0.25) is 11.8 Å². The molecule has 0 saturated carbocycles. The van der Waals surface area contributed by atoms with Gasteiger partial charge in [-0.05, 0) is 56.1 Å². The molecule has 2 fully saturated rings. The zero-order chi connectivity index (χ0) is 26.5. The van der Waals surface area contributed by atoms with Crippen LogP contribution in [-0.2, 0) is 22.6 Å². The predicted molar refractivity (Wildman–Crippen MR) is 149 cm³/mol. The van der Waals surface area contributed by atoms with Crippen molar-refractivity contribution < 1.29 is 9.59 Å². The molecule has 0 radical (unpaired) electrons. The summed E-state index contributed by atoms with van der Waals surface area (Å²) < 4.78 is 0. The van der Waals surface area contributed by atoms with Crippen molar-refractivity contribution in [1.82, 2.24) is 14.7 Å². The summed E-state index contributed by atoms with van der Waals surface area (Å²) in [5.74, 6) is 0.408. The number of nitrogens with two attached hydrogens (primary N) is 1. The maximum Gasteiger partial charge on any atom is 0.245 e. The summed E-state index contributed by atoms with van der Waals surface area (Å²) in [5.41, 5.74) is 10.0. The van der Waals surface area contributed by atoms with E-state index in [0.29, 0.717) is 31.8 Å². The van der Waals surface area contributed by atoms with Crippen LogP contribution < -0.4 is 5.73 Å². The average Bonchev–Trinajstić information content (AvgIpc) is 3.22. The van der Waals surface area contributed by atoms with Crippen LogP contribution in [0.5, 0.6) is 0 Å². The van der Waals surface area contributed by atoms with Crippen molar-refractivity contribution >= 4 is 11.8 Å². The Labute approximate surface area is 222 Å². The Balaban J connectivity index is 1.53. The van der Waals surface area contributed by atoms with Crippen LogP contribution >= 0.6 is 0 Å². The molecule has 37 heavy (non-hydrogen) atoms. The van der Waals surface area contributed by atoms with Crippen LogP contribution in [0, 0.1) is 12.8 Å². The van der Waals surface area contributed by atoms with Crippen molar-refractivity contribution in [2.75, 3.05) is 20.1 Å². The molecule has 0 spiro atoms. The summed E-state index contributed by atoms with van der Waals surface area (Å²) in [7, 11) is 1.86. The quantitative estimate of drug-likeness (QED) is 0.560. The molecule has 2 saturated heterocycles. The van der Waals surface area contributed by atoms with Crippen LogP contribution in [0.1, 0.15) is 56.2 Å². The number of amides is 2. The van der Waals surface area contributed by atoms with Gasteiger partial charge in [-0.2, -0.15) is 0 Å². The Morgan fingerprint density at radius 2 is 1.78 bits per heavy atom. The molecule has 0 bridgehead atoms. The SMILES string of the molecule is Cc1ccc(CN(C)C(=O)[C@@H](CC(C)C)N2CCC(CCc3ccccc3)N3C[C@H](N)C[C@H]3C2=O)cc1. The summed E-state index contributed by atoms with van der Waals surface area (Å²) in [5, 5.41) is 0. The Bertz CT molecular complexity index is 1040. The molecule has 200 valence electrons. The Morgan fingerprint density at radius 1 is 1.08 bits per heavy atom. The van der Waals surface area contributed by atoms with Gasteiger partial charge >= 0.3 is 0 Å². The summed E-state index contributed by atoms with van der Waals surface area (Å²) >= 11 is 0. The molecule has 4 rings (SSSR count). The first-order valence-electron chi connectivity index (χ1n) is 13.9. The first-order valence-corrected chi connectivity index (χ1v) is 13.9. The van der Waals surface area contributed by atoms with Crippen LogP contribution in [0.3, 0.4) is 0 Å². The van der Waals surface area contributed by atoms with Crippen LogP contribution in [0.15, 0.2) is 54.6 Å². The van der Waals surface area contributed by atoms with E-state index in [9.17, 15) is 9.59 Å². The number of carbonyl (C=O) groups excluding carboxylic acids is 2. The van der Waals surface area contributed by atoms with E-state index in [1.54, 1.807) is 4.90 Å². The molecule has 2 N–H and O–H groups in total. The zero-order valence-corrected chi connectivity index (χ0v) is 23.0. The monoisotopic (exact) mass is 504 g/mol. The van der Waals surface area contributed by atoms with E-state index in [-0.39, 0.29) is 29.9 Å². The van der Waals surface area contributed by atoms with E-state index < -0.39 is 6.04 Å². The fourth-order valence-electron chi connectivity index (χ4n) is 6.00. The molecule has 0 aliphatic carbocycles. The normalized spacial score (nSPS) is 23.1. The number of hydrogen-bond donors (Lipinski definition) is 1. The molecule has 2 aliphatic heterocycles. The molecule has 6 nitrogen and oxygen atoms in total. The number of benzene rings is 2. The molecule has 2 aliphatic rings. The summed E-state index contributed by atoms with van der Waals surface area (Å²) in [6, 6.07) is 18.4. The molecule has 0 aromatic heterocycles. The third-order valence-electron chi connectivity index (χ3n) is 7.99. The highest BCUT2D eigenvalue weighted by atomic mass is 16.2. The summed E-state index contributed by atoms with van der Waals surface area (Å²) in [4.78, 5) is 33.9. The fourth-order valence-corrected chi connectivity index (χ4v) is 6.00. The molecule has 2 aromatic rings. The van der Waals surface area contributed by atoms with Gasteiger partial charge in [0.25, 0.3) is 0 Å². The van der Waals surface area contributed by atoms with E-state index in [4.69, 9.17) is 5.73 Å². The van der Waals surface area contributed by atoms with E-state index in [2.05, 4.69) is 74.2 Å². The van der Waals surface area contributed by atoms with E-state index in [1.807, 2.05) is 18.0 Å². The Kier molecular flexibility index (Phi) is 9.04. The number of nitrogens with zero attached hydrogens (tertiary/aromatic N) is 3. The molecule has 2 amide bonds. The second-order valence-electron chi connectivity index (χ2n) is 11.5. The number of fused-ring (bicyclic) bond motifs is 1. The average molecular weight is 505 g/mol. The number of hydrogen-bond acceptors (Lipinski definition) is 4. The first kappa shape index (κ1) is 27.3. The van der Waals surface area contributed by atoms with Crippen LogP contribution in [-0.4, -0.2) is 70.8 Å². The lowest BCUT2D eigenvalue weighted by Crippen LogP contribution is -2.53. The minimum atomic E-state index is -0.450. The second-order valence-corrected chi connectivity index (χ2v) is 11.5. The molecule has 6 heteroatoms. The Hall–Kier alpha value is -2.70. The predicted octanol–water partition coefficient (Wildman–Crippen LogP) is 4.00. The van der Waals surface area contributed by atoms with Gasteiger partial charge in [0.15, 0.2) is 0 Å². The van der Waals surface area contributed by atoms with Gasteiger partial charge < -0.3 is 15.5 Å². The maximum absolute atomic E-state index is 14.0. The summed E-state index contributed by atoms with van der Waals surface area (Å²) in [6.07, 6.45) is 4.16. The van der Waals surface area contributed by atoms with Gasteiger partial charge in [0.05, 0.1) is 6.04 Å². The van der Waals surface area contributed by atoms with E-state index in [0.717, 1.165) is 31.4 Å². The van der Waals surface area contributed by atoms with E-state index in [1.165, 1.54) is 11.1 Å². The zero-order valence-electron chi connectivity index (χ0n) is 23.0. The standard InChI is InChI=1S/C31H44N4O2/c1-22(2)18-28(30(36)33(4)20-25-12-10-23(3)11-13-25)34-17-16-27(15-14-24-8-6-5-7-9-24)35-21-26(32)19-29(35)31(34)37/h5-13,22,26-29H,14-21,32H2,1-4H3/t26-,27?,28-,29+/m1/s1. The third kappa shape index (κ3) is 6.79. The van der Waals surface area contributed by atoms with Gasteiger partial charge in [-0.15, -0.1) is 0 Å². The first-order chi connectivity index (χ1) is 17.7. The summed E-state index contributed by atoms with van der Waals surface area (Å²) in [6.45, 7) is 8.22. The van der Waals surface area contributed by atoms with Crippen LogP contribution in [0.4, 0.5) is 0 Å². The molecular formula is C31H44N4O2. The molecular weight excluding hydrogens is 460 g/mol. The minimum Gasteiger partial charge on any atom is -0.340 e. The lowest BCUT2D eigenvalue weighted by Gasteiger charge is -2.35. The number of rotatable bonds is 9. The fraction of sp³-hybridized carbons (Fsp3) is 0.548. The minimum absolute atomic E-state index is 0.00316. The van der Waals surface area contributed by atoms with Crippen molar-refractivity contribution in [1.29, 1.82) is 0 Å². The number of likely N-dealkylation sites (N-methyl/N-ethyl adjacent to an activating group) is 1. The third-order valence-corrected chi connectivity index (χ3v) is 7.99. The highest BCUT2D eigenvalue weighted by Gasteiger charge is 2.46. The van der Waals surface area contributed by atoms with Crippen LogP contribution in [0.25, 0.3) is 0 Å². The second kappa shape index (κ2) is 12.2. The van der Waals surface area contributed by atoms with Crippen molar-refractivity contribution in [3.63, 3.8) is 0 Å². The molecule has 1 unspecified atom stereocenters. The maximum atomic E-state index is 14.0. The van der Waals surface area contributed by atoms with E-state index >= 15 is 0 Å². The van der Waals surface area contributed by atoms with Crippen LogP contribution in [0.2, 0.25) is 0 Å². The molecule has 2 aromatic carbocycles. The van der Waals surface area contributed by atoms with Gasteiger partial charge in [0, 0.05) is 38.8 Å². The smallest absolute Gasteiger partial charge is 0.245 e. The van der Waals surface area contributed by atoms with Gasteiger partial charge in [0.1, 0.15) is 6.04 Å². The molecule has 2 heterocycles. The largest absolute Gasteiger partial charge is 0.340 e. The van der Waals surface area contributed by atoms with Crippen molar-refractivity contribution in [2.45, 2.75) is 83.6 Å². The lowest BCUT2D eigenvalue weighted by atomic mass is 9.99. The highest BCUT2D eigenvalue weighted by Crippen LogP contribution is 2.31. The van der Waals surface area contributed by atoms with Gasteiger partial charge in [-0.25, -0.2) is 0 Å². The van der Waals surface area contributed by atoms with Crippen molar-refractivity contribution in [2.24, 2.45) is 11.7 Å². The molecule has 4 atom stereocenters. The van der Waals surface area contributed by atoms with Crippen molar-refractivity contribution in [3.05, 3.63) is 71.3 Å². The number of carbonyl (C=O) groups is 2. The Morgan fingerprint density at radius 3 is 2.46 bits per heavy atom. The highest BCUT2D eigenvalue weighted by molar-refractivity contribution is 5.90. The van der Waals surface area contributed by atoms with Crippen molar-refractivity contribution in [3.8, 4) is 0 Å². The topological polar surface area (TPSA) is 69.9 Å².